The molecule has 2 aromatic rings. The van der Waals surface area contributed by atoms with E-state index >= 15 is 0 Å². The Morgan fingerprint density at radius 2 is 1.72 bits per heavy atom. The van der Waals surface area contributed by atoms with E-state index in [2.05, 4.69) is 22.2 Å². The minimum atomic E-state index is -0.527. The molecule has 0 spiro atoms. The zero-order valence-corrected chi connectivity index (χ0v) is 17.2. The monoisotopic (exact) mass is 410 g/mol. The lowest BCUT2D eigenvalue weighted by Crippen LogP contribution is -2.54. The molecule has 0 saturated carbocycles. The van der Waals surface area contributed by atoms with Gasteiger partial charge in [-0.25, -0.2) is 0 Å². The molecule has 150 valence electrons. The fourth-order valence-corrected chi connectivity index (χ4v) is 3.63. The molecule has 0 atom stereocenters. The Balaban J connectivity index is 1.59. The van der Waals surface area contributed by atoms with E-state index in [-0.39, 0.29) is 10.7 Å². The molecule has 1 N–H and O–H groups in total. The SMILES string of the molecule is Cc1ccc(N2C(=O)/C(=C\c3ccc(N4CCN(C)CC4)o3)C(=O)NC2=S)cc1. The van der Waals surface area contributed by atoms with Crippen LogP contribution in [0.1, 0.15) is 11.3 Å². The number of nitrogens with one attached hydrogen (secondary N) is 1. The average molecular weight is 410 g/mol. The summed E-state index contributed by atoms with van der Waals surface area (Å²) >= 11 is 5.22. The van der Waals surface area contributed by atoms with Crippen molar-refractivity contribution in [2.24, 2.45) is 0 Å². The largest absolute Gasteiger partial charge is 0.441 e. The average Bonchev–Trinajstić information content (AvgIpc) is 3.16. The summed E-state index contributed by atoms with van der Waals surface area (Å²) in [6, 6.07) is 11.0. The fraction of sp³-hybridized carbons (Fsp3) is 0.286. The van der Waals surface area contributed by atoms with E-state index in [4.69, 9.17) is 16.6 Å². The van der Waals surface area contributed by atoms with E-state index in [9.17, 15) is 9.59 Å². The number of thiocarbonyl (C=S) groups is 1. The van der Waals surface area contributed by atoms with Crippen LogP contribution in [0.25, 0.3) is 6.08 Å². The van der Waals surface area contributed by atoms with Gasteiger partial charge in [0.05, 0.1) is 5.69 Å². The third-order valence-electron chi connectivity index (χ3n) is 5.11. The molecule has 0 radical (unpaired) electrons. The summed E-state index contributed by atoms with van der Waals surface area (Å²) in [7, 11) is 2.09. The van der Waals surface area contributed by atoms with Gasteiger partial charge in [0.15, 0.2) is 11.0 Å². The maximum atomic E-state index is 13.0. The van der Waals surface area contributed by atoms with Crippen molar-refractivity contribution in [3.05, 3.63) is 53.3 Å². The molecule has 2 aliphatic rings. The quantitative estimate of drug-likeness (QED) is 0.475. The fourth-order valence-electron chi connectivity index (χ4n) is 3.34. The van der Waals surface area contributed by atoms with E-state index < -0.39 is 11.8 Å². The molecule has 2 amide bonds. The first kappa shape index (κ1) is 19.4. The summed E-state index contributed by atoms with van der Waals surface area (Å²) in [6.07, 6.45) is 1.47. The molecule has 1 aromatic carbocycles. The van der Waals surface area contributed by atoms with E-state index in [0.29, 0.717) is 11.4 Å². The number of nitrogens with zero attached hydrogens (tertiary/aromatic N) is 3. The number of hydrogen-bond acceptors (Lipinski definition) is 6. The molecule has 1 aromatic heterocycles. The number of likely N-dealkylation sites (N-methyl/N-ethyl adjacent to an activating group) is 1. The highest BCUT2D eigenvalue weighted by atomic mass is 32.1. The summed E-state index contributed by atoms with van der Waals surface area (Å²) < 4.78 is 5.89. The van der Waals surface area contributed by atoms with E-state index in [1.54, 1.807) is 18.2 Å². The molecule has 2 aliphatic heterocycles. The van der Waals surface area contributed by atoms with Crippen molar-refractivity contribution >= 4 is 46.8 Å². The molecular formula is C21H22N4O3S. The van der Waals surface area contributed by atoms with Gasteiger partial charge in [-0.2, -0.15) is 0 Å². The van der Waals surface area contributed by atoms with Gasteiger partial charge in [-0.1, -0.05) is 17.7 Å². The van der Waals surface area contributed by atoms with Crippen molar-refractivity contribution in [2.45, 2.75) is 6.92 Å². The van der Waals surface area contributed by atoms with Gasteiger partial charge in [0, 0.05) is 32.2 Å². The Morgan fingerprint density at radius 1 is 1.03 bits per heavy atom. The first-order valence-electron chi connectivity index (χ1n) is 9.44. The van der Waals surface area contributed by atoms with Crippen LogP contribution in [0.5, 0.6) is 0 Å². The Bertz CT molecular complexity index is 988. The summed E-state index contributed by atoms with van der Waals surface area (Å²) in [5.41, 5.74) is 1.66. The number of carbonyl (C=O) groups excluding carboxylic acids is 2. The lowest BCUT2D eigenvalue weighted by molar-refractivity contribution is -0.122. The van der Waals surface area contributed by atoms with E-state index in [1.165, 1.54) is 11.0 Å². The minimum absolute atomic E-state index is 0.0153. The maximum Gasteiger partial charge on any atom is 0.270 e. The van der Waals surface area contributed by atoms with Gasteiger partial charge in [0.2, 0.25) is 0 Å². The predicted molar refractivity (Wildman–Crippen MR) is 116 cm³/mol. The Hall–Kier alpha value is -2.97. The number of anilines is 2. The molecule has 0 unspecified atom stereocenters. The number of amides is 2. The predicted octanol–water partition coefficient (Wildman–Crippen LogP) is 2.17. The van der Waals surface area contributed by atoms with Crippen LogP contribution < -0.4 is 15.1 Å². The number of rotatable bonds is 3. The zero-order chi connectivity index (χ0) is 20.5. The Kier molecular flexibility index (Phi) is 5.21. The molecule has 2 fully saturated rings. The van der Waals surface area contributed by atoms with Gasteiger partial charge in [-0.3, -0.25) is 19.8 Å². The van der Waals surface area contributed by atoms with Crippen LogP contribution in [0.4, 0.5) is 11.6 Å². The first-order valence-corrected chi connectivity index (χ1v) is 9.84. The van der Waals surface area contributed by atoms with Gasteiger partial charge in [-0.05, 0) is 50.5 Å². The highest BCUT2D eigenvalue weighted by Gasteiger charge is 2.34. The Morgan fingerprint density at radius 3 is 2.41 bits per heavy atom. The molecule has 29 heavy (non-hydrogen) atoms. The second-order valence-corrected chi connectivity index (χ2v) is 7.65. The van der Waals surface area contributed by atoms with Gasteiger partial charge in [0.1, 0.15) is 11.3 Å². The number of hydrogen-bond donors (Lipinski definition) is 1. The molecule has 4 rings (SSSR count). The molecule has 7 nitrogen and oxygen atoms in total. The lowest BCUT2D eigenvalue weighted by Gasteiger charge is -2.32. The zero-order valence-electron chi connectivity index (χ0n) is 16.3. The smallest absolute Gasteiger partial charge is 0.270 e. The second-order valence-electron chi connectivity index (χ2n) is 7.26. The van der Waals surface area contributed by atoms with E-state index in [1.807, 2.05) is 25.1 Å². The standard InChI is InChI=1S/C21H22N4O3S/c1-14-3-5-15(6-4-14)25-20(27)17(19(26)22-21(25)29)13-16-7-8-18(28-16)24-11-9-23(2)10-12-24/h3-8,13H,9-12H2,1-2H3,(H,22,26,29)/b17-13-. The molecule has 0 bridgehead atoms. The minimum Gasteiger partial charge on any atom is -0.441 e. The molecule has 8 heteroatoms. The Labute approximate surface area is 174 Å². The van der Waals surface area contributed by atoms with E-state index in [0.717, 1.165) is 37.6 Å². The molecule has 0 aliphatic carbocycles. The van der Waals surface area contributed by atoms with Crippen molar-refractivity contribution in [1.29, 1.82) is 0 Å². The molecular weight excluding hydrogens is 388 g/mol. The van der Waals surface area contributed by atoms with Gasteiger partial charge in [0.25, 0.3) is 11.8 Å². The van der Waals surface area contributed by atoms with Gasteiger partial charge < -0.3 is 14.2 Å². The van der Waals surface area contributed by atoms with Crippen LogP contribution in [0, 0.1) is 6.92 Å². The lowest BCUT2D eigenvalue weighted by atomic mass is 10.1. The van der Waals surface area contributed by atoms with Crippen molar-refractivity contribution in [3.8, 4) is 0 Å². The number of aryl methyl sites for hydroxylation is 1. The summed E-state index contributed by atoms with van der Waals surface area (Å²) in [4.78, 5) is 31.2. The van der Waals surface area contributed by atoms with Crippen molar-refractivity contribution in [1.82, 2.24) is 10.2 Å². The third kappa shape index (κ3) is 3.94. The van der Waals surface area contributed by atoms with Crippen LogP contribution in [-0.4, -0.2) is 55.1 Å². The van der Waals surface area contributed by atoms with Crippen LogP contribution in [0.3, 0.4) is 0 Å². The summed E-state index contributed by atoms with van der Waals surface area (Å²) in [6.45, 7) is 5.62. The van der Waals surface area contributed by atoms with Gasteiger partial charge >= 0.3 is 0 Å². The second kappa shape index (κ2) is 7.81. The third-order valence-corrected chi connectivity index (χ3v) is 5.39. The highest BCUT2D eigenvalue weighted by molar-refractivity contribution is 7.80. The normalized spacial score (nSPS) is 19.8. The van der Waals surface area contributed by atoms with Crippen molar-refractivity contribution < 1.29 is 14.0 Å². The molecule has 3 heterocycles. The van der Waals surface area contributed by atoms with Crippen LogP contribution >= 0.6 is 12.2 Å². The van der Waals surface area contributed by atoms with Crippen LogP contribution in [-0.2, 0) is 9.59 Å². The summed E-state index contributed by atoms with van der Waals surface area (Å²) in [5, 5.41) is 2.66. The highest BCUT2D eigenvalue weighted by Crippen LogP contribution is 2.25. The topological polar surface area (TPSA) is 69.0 Å². The molecule has 2 saturated heterocycles. The number of furan rings is 1. The van der Waals surface area contributed by atoms with Crippen LogP contribution in [0.15, 0.2) is 46.4 Å². The van der Waals surface area contributed by atoms with Gasteiger partial charge in [-0.15, -0.1) is 0 Å². The maximum absolute atomic E-state index is 13.0. The van der Waals surface area contributed by atoms with Crippen LogP contribution in [0.2, 0.25) is 0 Å². The summed E-state index contributed by atoms with van der Waals surface area (Å²) in [5.74, 6) is 0.190. The number of piperazine rings is 1. The van der Waals surface area contributed by atoms with Crippen molar-refractivity contribution in [3.63, 3.8) is 0 Å². The number of carbonyl (C=O) groups is 2. The first-order chi connectivity index (χ1) is 13.9. The number of benzene rings is 1. The van der Waals surface area contributed by atoms with Crippen molar-refractivity contribution in [2.75, 3.05) is 43.0 Å².